The van der Waals surface area contributed by atoms with E-state index in [1.165, 1.54) is 5.56 Å². The lowest BCUT2D eigenvalue weighted by Gasteiger charge is -2.36. The number of nitrogens with zero attached hydrogens (tertiary/aromatic N) is 1. The molecule has 1 aliphatic heterocycles. The molecule has 20 heavy (non-hydrogen) atoms. The van der Waals surface area contributed by atoms with Gasteiger partial charge in [-0.3, -0.25) is 9.69 Å². The first-order valence-corrected chi connectivity index (χ1v) is 7.30. The fraction of sp³-hybridized carbons (Fsp3) is 0.562. The molecule has 1 saturated heterocycles. The highest BCUT2D eigenvalue weighted by molar-refractivity contribution is 5.93. The SMILES string of the molecule is Cc1ccc(NC(=O)CN2CC(C)NCC2C)c(C)c1. The molecule has 1 aliphatic rings. The van der Waals surface area contributed by atoms with Crippen LogP contribution < -0.4 is 10.6 Å². The van der Waals surface area contributed by atoms with Crippen molar-refractivity contribution in [3.05, 3.63) is 29.3 Å². The summed E-state index contributed by atoms with van der Waals surface area (Å²) in [6.07, 6.45) is 0. The number of carbonyl (C=O) groups excluding carboxylic acids is 1. The van der Waals surface area contributed by atoms with E-state index >= 15 is 0 Å². The molecule has 0 bridgehead atoms. The number of rotatable bonds is 3. The maximum atomic E-state index is 12.2. The number of anilines is 1. The van der Waals surface area contributed by atoms with Crippen molar-refractivity contribution in [2.45, 2.75) is 39.8 Å². The van der Waals surface area contributed by atoms with Crippen LogP contribution >= 0.6 is 0 Å². The average Bonchev–Trinajstić information content (AvgIpc) is 2.37. The van der Waals surface area contributed by atoms with Crippen molar-refractivity contribution in [1.29, 1.82) is 0 Å². The van der Waals surface area contributed by atoms with E-state index in [0.29, 0.717) is 18.6 Å². The van der Waals surface area contributed by atoms with E-state index < -0.39 is 0 Å². The molecule has 2 rings (SSSR count). The number of carbonyl (C=O) groups is 1. The Bertz CT molecular complexity index is 487. The van der Waals surface area contributed by atoms with Crippen LogP contribution in [0.2, 0.25) is 0 Å². The van der Waals surface area contributed by atoms with Crippen molar-refractivity contribution in [2.24, 2.45) is 0 Å². The predicted molar refractivity (Wildman–Crippen MR) is 83.0 cm³/mol. The van der Waals surface area contributed by atoms with Crippen molar-refractivity contribution in [2.75, 3.05) is 25.0 Å². The van der Waals surface area contributed by atoms with Crippen LogP contribution in [0.25, 0.3) is 0 Å². The van der Waals surface area contributed by atoms with Crippen LogP contribution in [0.4, 0.5) is 5.69 Å². The number of amides is 1. The zero-order valence-electron chi connectivity index (χ0n) is 12.9. The van der Waals surface area contributed by atoms with Crippen molar-refractivity contribution < 1.29 is 4.79 Å². The van der Waals surface area contributed by atoms with Gasteiger partial charge >= 0.3 is 0 Å². The summed E-state index contributed by atoms with van der Waals surface area (Å²) in [5.41, 5.74) is 3.24. The van der Waals surface area contributed by atoms with E-state index in [1.807, 2.05) is 19.1 Å². The quantitative estimate of drug-likeness (QED) is 0.886. The maximum absolute atomic E-state index is 12.2. The van der Waals surface area contributed by atoms with E-state index in [-0.39, 0.29) is 5.91 Å². The van der Waals surface area contributed by atoms with Crippen LogP contribution in [0.3, 0.4) is 0 Å². The Morgan fingerprint density at radius 2 is 2.15 bits per heavy atom. The molecule has 4 nitrogen and oxygen atoms in total. The highest BCUT2D eigenvalue weighted by Crippen LogP contribution is 2.16. The molecule has 1 aromatic carbocycles. The van der Waals surface area contributed by atoms with Gasteiger partial charge in [0.25, 0.3) is 0 Å². The smallest absolute Gasteiger partial charge is 0.238 e. The Morgan fingerprint density at radius 3 is 2.85 bits per heavy atom. The number of piperazine rings is 1. The van der Waals surface area contributed by atoms with Gasteiger partial charge in [0.1, 0.15) is 0 Å². The van der Waals surface area contributed by atoms with Crippen LogP contribution in [0, 0.1) is 13.8 Å². The molecule has 2 unspecified atom stereocenters. The molecule has 0 saturated carbocycles. The van der Waals surface area contributed by atoms with E-state index in [0.717, 1.165) is 24.3 Å². The van der Waals surface area contributed by atoms with Gasteiger partial charge in [-0.05, 0) is 39.3 Å². The molecule has 1 amide bonds. The van der Waals surface area contributed by atoms with E-state index in [9.17, 15) is 4.79 Å². The standard InChI is InChI=1S/C16H25N3O/c1-11-5-6-15(12(2)7-11)18-16(20)10-19-9-13(3)17-8-14(19)4/h5-7,13-14,17H,8-10H2,1-4H3,(H,18,20). The fourth-order valence-corrected chi connectivity index (χ4v) is 2.65. The lowest BCUT2D eigenvalue weighted by atomic mass is 10.1. The second-order valence-corrected chi connectivity index (χ2v) is 5.95. The van der Waals surface area contributed by atoms with E-state index in [4.69, 9.17) is 0 Å². The number of hydrogen-bond acceptors (Lipinski definition) is 3. The summed E-state index contributed by atoms with van der Waals surface area (Å²) < 4.78 is 0. The Labute approximate surface area is 121 Å². The summed E-state index contributed by atoms with van der Waals surface area (Å²) in [5, 5.41) is 6.45. The van der Waals surface area contributed by atoms with Gasteiger partial charge in [0.2, 0.25) is 5.91 Å². The van der Waals surface area contributed by atoms with Crippen LogP contribution in [-0.4, -0.2) is 42.5 Å². The molecule has 2 atom stereocenters. The van der Waals surface area contributed by atoms with Gasteiger partial charge in [0, 0.05) is 30.9 Å². The van der Waals surface area contributed by atoms with Crippen molar-refractivity contribution in [1.82, 2.24) is 10.2 Å². The van der Waals surface area contributed by atoms with Gasteiger partial charge in [0.15, 0.2) is 0 Å². The molecule has 2 N–H and O–H groups in total. The first-order chi connectivity index (χ1) is 9.45. The molecule has 4 heteroatoms. The lowest BCUT2D eigenvalue weighted by molar-refractivity contribution is -0.118. The van der Waals surface area contributed by atoms with Crippen LogP contribution in [-0.2, 0) is 4.79 Å². The molecule has 0 aromatic heterocycles. The van der Waals surface area contributed by atoms with Gasteiger partial charge in [-0.2, -0.15) is 0 Å². The zero-order valence-corrected chi connectivity index (χ0v) is 12.9. The van der Waals surface area contributed by atoms with E-state index in [1.54, 1.807) is 0 Å². The van der Waals surface area contributed by atoms with Gasteiger partial charge in [-0.15, -0.1) is 0 Å². The summed E-state index contributed by atoms with van der Waals surface area (Å²) in [6, 6.07) is 6.94. The van der Waals surface area contributed by atoms with Gasteiger partial charge in [-0.1, -0.05) is 17.7 Å². The maximum Gasteiger partial charge on any atom is 0.238 e. The lowest BCUT2D eigenvalue weighted by Crippen LogP contribution is -2.55. The second kappa shape index (κ2) is 6.37. The monoisotopic (exact) mass is 275 g/mol. The number of aryl methyl sites for hydroxylation is 2. The first kappa shape index (κ1) is 15.0. The van der Waals surface area contributed by atoms with E-state index in [2.05, 4.69) is 42.4 Å². The van der Waals surface area contributed by atoms with Crippen LogP contribution in [0.1, 0.15) is 25.0 Å². The Balaban J connectivity index is 1.94. The second-order valence-electron chi connectivity index (χ2n) is 5.95. The minimum Gasteiger partial charge on any atom is -0.325 e. The highest BCUT2D eigenvalue weighted by Gasteiger charge is 2.24. The van der Waals surface area contributed by atoms with Crippen LogP contribution in [0.15, 0.2) is 18.2 Å². The fourth-order valence-electron chi connectivity index (χ4n) is 2.65. The molecular weight excluding hydrogens is 250 g/mol. The van der Waals surface area contributed by atoms with Gasteiger partial charge < -0.3 is 10.6 Å². The molecule has 110 valence electrons. The molecule has 0 spiro atoms. The highest BCUT2D eigenvalue weighted by atomic mass is 16.2. The third-order valence-corrected chi connectivity index (χ3v) is 3.90. The Morgan fingerprint density at radius 1 is 1.40 bits per heavy atom. The minimum atomic E-state index is 0.0675. The molecule has 1 fully saturated rings. The number of nitrogens with one attached hydrogen (secondary N) is 2. The topological polar surface area (TPSA) is 44.4 Å². The summed E-state index contributed by atoms with van der Waals surface area (Å²) in [6.45, 7) is 10.7. The summed E-state index contributed by atoms with van der Waals surface area (Å²) >= 11 is 0. The van der Waals surface area contributed by atoms with Crippen LogP contribution in [0.5, 0.6) is 0 Å². The molecular formula is C16H25N3O. The summed E-state index contributed by atoms with van der Waals surface area (Å²) in [4.78, 5) is 14.4. The van der Waals surface area contributed by atoms with Gasteiger partial charge in [-0.25, -0.2) is 0 Å². The van der Waals surface area contributed by atoms with Crippen molar-refractivity contribution in [3.8, 4) is 0 Å². The Hall–Kier alpha value is -1.39. The first-order valence-electron chi connectivity index (χ1n) is 7.30. The van der Waals surface area contributed by atoms with Gasteiger partial charge in [0.05, 0.1) is 6.54 Å². The normalized spacial score (nSPS) is 23.6. The third-order valence-electron chi connectivity index (χ3n) is 3.90. The van der Waals surface area contributed by atoms with Crippen molar-refractivity contribution >= 4 is 11.6 Å². The average molecular weight is 275 g/mol. The minimum absolute atomic E-state index is 0.0675. The molecule has 1 heterocycles. The molecule has 1 aromatic rings. The number of hydrogen-bond donors (Lipinski definition) is 2. The number of benzene rings is 1. The summed E-state index contributed by atoms with van der Waals surface area (Å²) in [7, 11) is 0. The molecule has 0 radical (unpaired) electrons. The molecule has 0 aliphatic carbocycles. The predicted octanol–water partition coefficient (Wildman–Crippen LogP) is 1.92. The summed E-state index contributed by atoms with van der Waals surface area (Å²) in [5.74, 6) is 0.0675. The van der Waals surface area contributed by atoms with Crippen molar-refractivity contribution in [3.63, 3.8) is 0 Å². The Kier molecular flexibility index (Phi) is 4.78. The zero-order chi connectivity index (χ0) is 14.7. The largest absolute Gasteiger partial charge is 0.325 e. The third kappa shape index (κ3) is 3.81.